The first-order chi connectivity index (χ1) is 18.4. The minimum Gasteiger partial charge on any atom is -0.369 e. The molecular formula is C24H21Cl3F6N4O2S. The summed E-state index contributed by atoms with van der Waals surface area (Å²) in [6.07, 6.45) is -4.38. The lowest BCUT2D eigenvalue weighted by Gasteiger charge is -2.38. The molecular weight excluding hydrogens is 629 g/mol. The number of allylic oxidation sites excluding steroid dienone is 2. The van der Waals surface area contributed by atoms with Crippen LogP contribution >= 0.6 is 46.6 Å². The molecule has 40 heavy (non-hydrogen) atoms. The summed E-state index contributed by atoms with van der Waals surface area (Å²) < 4.78 is 79.7. The molecule has 2 aromatic rings. The molecule has 3 atom stereocenters. The lowest BCUT2D eigenvalue weighted by atomic mass is 9.66. The largest absolute Gasteiger partial charge is 0.435 e. The van der Waals surface area contributed by atoms with E-state index < -0.39 is 53.4 Å². The van der Waals surface area contributed by atoms with Crippen molar-refractivity contribution in [2.24, 2.45) is 11.7 Å². The van der Waals surface area contributed by atoms with E-state index in [1.54, 1.807) is 6.92 Å². The van der Waals surface area contributed by atoms with Crippen molar-refractivity contribution in [3.05, 3.63) is 74.0 Å². The number of halogens is 9. The fourth-order valence-corrected chi connectivity index (χ4v) is 6.19. The molecule has 16 heteroatoms. The quantitative estimate of drug-likeness (QED) is 0.335. The summed E-state index contributed by atoms with van der Waals surface area (Å²) in [6.45, 7) is 0.931. The van der Waals surface area contributed by atoms with Crippen molar-refractivity contribution in [1.82, 2.24) is 15.1 Å². The molecule has 0 bridgehead atoms. The highest BCUT2D eigenvalue weighted by Crippen LogP contribution is 2.48. The highest BCUT2D eigenvalue weighted by molar-refractivity contribution is 7.98. The van der Waals surface area contributed by atoms with Crippen molar-refractivity contribution in [3.63, 3.8) is 0 Å². The van der Waals surface area contributed by atoms with Gasteiger partial charge in [-0.1, -0.05) is 47.0 Å². The first kappa shape index (κ1) is 32.2. The van der Waals surface area contributed by atoms with Gasteiger partial charge in [0, 0.05) is 38.5 Å². The topological polar surface area (TPSA) is 90.0 Å². The van der Waals surface area contributed by atoms with Crippen molar-refractivity contribution in [2.45, 2.75) is 37.3 Å². The Bertz CT molecular complexity index is 1350. The summed E-state index contributed by atoms with van der Waals surface area (Å²) in [5.74, 6) is -2.57. The SMILES string of the molecule is CSC[C@H](C)NC(=O)C1C(Cl)=CC=CC1(C(N)=O)c1c(Cl)cc(Cn2nc(C(F)(F)F)cc2C(F)(F)F)cc1Cl. The van der Waals surface area contributed by atoms with Gasteiger partial charge in [-0.15, -0.1) is 0 Å². The first-order valence-corrected chi connectivity index (χ1v) is 13.8. The summed E-state index contributed by atoms with van der Waals surface area (Å²) in [5.41, 5.74) is 0.188. The second kappa shape index (κ2) is 11.9. The Morgan fingerprint density at radius 2 is 1.73 bits per heavy atom. The molecule has 0 saturated carbocycles. The Morgan fingerprint density at radius 3 is 2.23 bits per heavy atom. The van der Waals surface area contributed by atoms with Gasteiger partial charge in [-0.05, 0) is 37.0 Å². The second-order valence-corrected chi connectivity index (χ2v) is 11.1. The summed E-state index contributed by atoms with van der Waals surface area (Å²) in [6, 6.07) is 1.78. The summed E-state index contributed by atoms with van der Waals surface area (Å²) in [7, 11) is 0. The number of hydrogen-bond acceptors (Lipinski definition) is 4. The molecule has 2 amide bonds. The predicted octanol–water partition coefficient (Wildman–Crippen LogP) is 6.18. The number of carbonyl (C=O) groups excluding carboxylic acids is 2. The highest BCUT2D eigenvalue weighted by Gasteiger charge is 2.52. The molecule has 3 N–H and O–H groups in total. The number of nitrogens with two attached hydrogens (primary N) is 1. The molecule has 1 aliphatic rings. The van der Waals surface area contributed by atoms with Gasteiger partial charge in [0.2, 0.25) is 11.8 Å². The fraction of sp³-hybridized carbons (Fsp3) is 0.375. The maximum absolute atomic E-state index is 13.5. The van der Waals surface area contributed by atoms with Crippen LogP contribution < -0.4 is 11.1 Å². The lowest BCUT2D eigenvalue weighted by molar-refractivity contribution is -0.144. The van der Waals surface area contributed by atoms with Crippen LogP contribution in [0, 0.1) is 5.92 Å². The van der Waals surface area contributed by atoms with E-state index in [4.69, 9.17) is 40.5 Å². The monoisotopic (exact) mass is 648 g/mol. The van der Waals surface area contributed by atoms with Gasteiger partial charge in [-0.25, -0.2) is 0 Å². The molecule has 3 rings (SSSR count). The zero-order valence-electron chi connectivity index (χ0n) is 20.6. The van der Waals surface area contributed by atoms with Gasteiger partial charge in [-0.2, -0.15) is 43.2 Å². The van der Waals surface area contributed by atoms with E-state index in [1.807, 2.05) is 6.26 Å². The van der Waals surface area contributed by atoms with Crippen molar-refractivity contribution in [1.29, 1.82) is 0 Å². The second-order valence-electron chi connectivity index (χ2n) is 8.94. The van der Waals surface area contributed by atoms with Gasteiger partial charge in [0.25, 0.3) is 0 Å². The van der Waals surface area contributed by atoms with Crippen LogP contribution in [0.2, 0.25) is 10.0 Å². The van der Waals surface area contributed by atoms with Crippen LogP contribution in [0.4, 0.5) is 26.3 Å². The Morgan fingerprint density at radius 1 is 1.12 bits per heavy atom. The van der Waals surface area contributed by atoms with E-state index in [9.17, 15) is 35.9 Å². The Labute approximate surface area is 243 Å². The third-order valence-corrected chi connectivity index (χ3v) is 7.80. The van der Waals surface area contributed by atoms with Gasteiger partial charge < -0.3 is 11.1 Å². The minimum absolute atomic E-state index is 0.0580. The Hall–Kier alpha value is -2.35. The molecule has 0 radical (unpaired) electrons. The van der Waals surface area contributed by atoms with E-state index in [-0.39, 0.29) is 43.0 Å². The Balaban J connectivity index is 2.12. The number of thioether (sulfide) groups is 1. The number of hydrogen-bond donors (Lipinski definition) is 2. The number of carbonyl (C=O) groups is 2. The van der Waals surface area contributed by atoms with Crippen LogP contribution in [-0.4, -0.2) is 39.6 Å². The highest BCUT2D eigenvalue weighted by atomic mass is 35.5. The standard InChI is InChI=1S/C24H21Cl3F6N4O2S/c1-11(10-40-2)35-20(38)19-13(25)4-3-5-22(19,21(34)39)18-14(26)6-12(7-15(18)27)9-37-17(24(31,32)33)8-16(36-37)23(28,29)30/h3-8,11,19H,9-10H2,1-2H3,(H2,34,39)(H,35,38)/t11-,19?,22?/m0/s1. The van der Waals surface area contributed by atoms with Gasteiger partial charge in [0.1, 0.15) is 11.1 Å². The maximum atomic E-state index is 13.5. The fourth-order valence-electron chi connectivity index (χ4n) is 4.42. The molecule has 0 fully saturated rings. The zero-order valence-corrected chi connectivity index (χ0v) is 23.7. The van der Waals surface area contributed by atoms with Crippen molar-refractivity contribution >= 4 is 58.4 Å². The maximum Gasteiger partial charge on any atom is 0.435 e. The third-order valence-electron chi connectivity index (χ3n) is 6.03. The number of aromatic nitrogens is 2. The molecule has 1 aromatic heterocycles. The Kier molecular flexibility index (Phi) is 9.54. The normalized spacial score (nSPS) is 20.3. The molecule has 1 heterocycles. The summed E-state index contributed by atoms with van der Waals surface area (Å²) in [4.78, 5) is 26.4. The smallest absolute Gasteiger partial charge is 0.369 e. The lowest BCUT2D eigenvalue weighted by Crippen LogP contribution is -2.54. The minimum atomic E-state index is -5.15. The molecule has 6 nitrogen and oxygen atoms in total. The molecule has 2 unspecified atom stereocenters. The number of amides is 2. The average molecular weight is 650 g/mol. The molecule has 0 saturated heterocycles. The van der Waals surface area contributed by atoms with Crippen LogP contribution in [0.5, 0.6) is 0 Å². The molecule has 1 aliphatic carbocycles. The van der Waals surface area contributed by atoms with E-state index in [0.717, 1.165) is 12.1 Å². The van der Waals surface area contributed by atoms with Crippen LogP contribution in [0.25, 0.3) is 0 Å². The molecule has 1 aromatic carbocycles. The van der Waals surface area contributed by atoms with E-state index >= 15 is 0 Å². The van der Waals surface area contributed by atoms with Crippen molar-refractivity contribution in [2.75, 3.05) is 12.0 Å². The predicted molar refractivity (Wildman–Crippen MR) is 141 cm³/mol. The number of benzene rings is 1. The number of nitrogens with one attached hydrogen (secondary N) is 1. The first-order valence-electron chi connectivity index (χ1n) is 11.3. The molecule has 218 valence electrons. The molecule has 0 aliphatic heterocycles. The molecule has 0 spiro atoms. The van der Waals surface area contributed by atoms with E-state index in [2.05, 4.69) is 10.4 Å². The number of rotatable bonds is 8. The van der Waals surface area contributed by atoms with Gasteiger partial charge in [0.15, 0.2) is 5.69 Å². The van der Waals surface area contributed by atoms with Gasteiger partial charge >= 0.3 is 12.4 Å². The third kappa shape index (κ3) is 6.42. The van der Waals surface area contributed by atoms with Crippen LogP contribution in [-0.2, 0) is 33.9 Å². The van der Waals surface area contributed by atoms with Gasteiger partial charge in [0.05, 0.1) is 12.5 Å². The number of alkyl halides is 6. The zero-order chi connectivity index (χ0) is 30.2. The number of nitrogens with zero attached hydrogens (tertiary/aromatic N) is 2. The summed E-state index contributed by atoms with van der Waals surface area (Å²) >= 11 is 20.8. The summed E-state index contributed by atoms with van der Waals surface area (Å²) in [5, 5.41) is 5.19. The van der Waals surface area contributed by atoms with Crippen molar-refractivity contribution < 1.29 is 35.9 Å². The number of primary amides is 1. The van der Waals surface area contributed by atoms with Crippen LogP contribution in [0.3, 0.4) is 0 Å². The van der Waals surface area contributed by atoms with Gasteiger partial charge in [-0.3, -0.25) is 14.3 Å². The van der Waals surface area contributed by atoms with Crippen LogP contribution in [0.15, 0.2) is 41.5 Å². The van der Waals surface area contributed by atoms with E-state index in [1.165, 1.54) is 30.0 Å². The average Bonchev–Trinajstić information content (AvgIpc) is 3.23. The van der Waals surface area contributed by atoms with Crippen LogP contribution in [0.1, 0.15) is 29.4 Å². The van der Waals surface area contributed by atoms with E-state index in [0.29, 0.717) is 5.75 Å². The van der Waals surface area contributed by atoms with Crippen molar-refractivity contribution in [3.8, 4) is 0 Å².